The lowest BCUT2D eigenvalue weighted by atomic mass is 10.1. The van der Waals surface area contributed by atoms with Gasteiger partial charge in [0.05, 0.1) is 5.52 Å². The van der Waals surface area contributed by atoms with Crippen molar-refractivity contribution in [1.29, 1.82) is 0 Å². The molecule has 0 radical (unpaired) electrons. The summed E-state index contributed by atoms with van der Waals surface area (Å²) in [5.74, 6) is 0. The van der Waals surface area contributed by atoms with Gasteiger partial charge < -0.3 is 0 Å². The highest BCUT2D eigenvalue weighted by Crippen LogP contribution is 2.18. The fraction of sp³-hybridized carbons (Fsp3) is 0.200. The van der Waals surface area contributed by atoms with Gasteiger partial charge in [-0.3, -0.25) is 0 Å². The van der Waals surface area contributed by atoms with Gasteiger partial charge >= 0.3 is 0 Å². The van der Waals surface area contributed by atoms with Gasteiger partial charge in [0.25, 0.3) is 0 Å². The van der Waals surface area contributed by atoms with Gasteiger partial charge in [0.15, 0.2) is 0 Å². The molecular weight excluding hydrogens is 184 g/mol. The molecule has 0 aliphatic heterocycles. The van der Waals surface area contributed by atoms with Crippen LogP contribution in [0.3, 0.4) is 0 Å². The lowest BCUT2D eigenvalue weighted by Crippen LogP contribution is -1.88. The molecule has 2 aromatic rings. The summed E-state index contributed by atoms with van der Waals surface area (Å²) >= 11 is 5.71. The van der Waals surface area contributed by atoms with Gasteiger partial charge in [-0.05, 0) is 37.1 Å². The molecule has 0 aliphatic carbocycles. The highest BCUT2D eigenvalue weighted by Gasteiger charge is 2.01. The Bertz CT molecular complexity index is 466. The highest BCUT2D eigenvalue weighted by atomic mass is 35.5. The van der Waals surface area contributed by atoms with Crippen LogP contribution in [0.25, 0.3) is 10.9 Å². The summed E-state index contributed by atoms with van der Waals surface area (Å²) in [6, 6.07) is 4.14. The summed E-state index contributed by atoms with van der Waals surface area (Å²) < 4.78 is 0. The van der Waals surface area contributed by atoms with Crippen LogP contribution in [-0.4, -0.2) is 9.97 Å². The van der Waals surface area contributed by atoms with E-state index in [1.807, 2.05) is 6.92 Å². The van der Waals surface area contributed by atoms with Crippen molar-refractivity contribution >= 4 is 22.5 Å². The average molecular weight is 193 g/mol. The standard InChI is InChI=1S/C10H9ClN2/c1-6-3-7(2)9-8(4-6)5-12-10(11)13-9/h3-5H,1-2H3. The molecule has 0 aliphatic rings. The Morgan fingerprint density at radius 3 is 2.77 bits per heavy atom. The monoisotopic (exact) mass is 192 g/mol. The molecule has 0 amide bonds. The third-order valence-electron chi connectivity index (χ3n) is 1.99. The van der Waals surface area contributed by atoms with Crippen LogP contribution in [-0.2, 0) is 0 Å². The van der Waals surface area contributed by atoms with E-state index in [0.717, 1.165) is 16.5 Å². The van der Waals surface area contributed by atoms with E-state index in [2.05, 4.69) is 29.0 Å². The van der Waals surface area contributed by atoms with Crippen molar-refractivity contribution in [3.8, 4) is 0 Å². The normalized spacial score (nSPS) is 10.7. The zero-order valence-electron chi connectivity index (χ0n) is 7.50. The molecule has 0 spiro atoms. The van der Waals surface area contributed by atoms with Crippen molar-refractivity contribution in [3.05, 3.63) is 34.7 Å². The summed E-state index contributed by atoms with van der Waals surface area (Å²) in [7, 11) is 0. The Labute approximate surface area is 81.6 Å². The number of aryl methyl sites for hydroxylation is 2. The van der Waals surface area contributed by atoms with E-state index in [1.54, 1.807) is 6.20 Å². The molecule has 2 nitrogen and oxygen atoms in total. The summed E-state index contributed by atoms with van der Waals surface area (Å²) in [4.78, 5) is 8.11. The van der Waals surface area contributed by atoms with Crippen molar-refractivity contribution in [2.45, 2.75) is 13.8 Å². The number of aromatic nitrogens is 2. The summed E-state index contributed by atoms with van der Waals surface area (Å²) in [5, 5.41) is 1.35. The minimum absolute atomic E-state index is 0.305. The van der Waals surface area contributed by atoms with Crippen LogP contribution in [0.2, 0.25) is 5.28 Å². The quantitative estimate of drug-likeness (QED) is 0.600. The van der Waals surface area contributed by atoms with Crippen LogP contribution in [0, 0.1) is 13.8 Å². The fourth-order valence-corrected chi connectivity index (χ4v) is 1.62. The number of rotatable bonds is 0. The summed E-state index contributed by atoms with van der Waals surface area (Å²) in [6.45, 7) is 4.08. The number of benzene rings is 1. The molecule has 0 N–H and O–H groups in total. The number of fused-ring (bicyclic) bond motifs is 1. The molecule has 0 fully saturated rings. The molecule has 66 valence electrons. The molecule has 1 heterocycles. The van der Waals surface area contributed by atoms with E-state index in [4.69, 9.17) is 11.6 Å². The third-order valence-corrected chi connectivity index (χ3v) is 2.17. The Balaban J connectivity index is 2.87. The van der Waals surface area contributed by atoms with Crippen molar-refractivity contribution in [2.24, 2.45) is 0 Å². The Morgan fingerprint density at radius 1 is 1.23 bits per heavy atom. The third kappa shape index (κ3) is 1.49. The smallest absolute Gasteiger partial charge is 0.222 e. The van der Waals surface area contributed by atoms with Crippen LogP contribution in [0.1, 0.15) is 11.1 Å². The molecule has 13 heavy (non-hydrogen) atoms. The first-order chi connectivity index (χ1) is 6.16. The van der Waals surface area contributed by atoms with Crippen LogP contribution >= 0.6 is 11.6 Å². The zero-order valence-corrected chi connectivity index (χ0v) is 8.26. The second kappa shape index (κ2) is 2.96. The van der Waals surface area contributed by atoms with Crippen molar-refractivity contribution in [1.82, 2.24) is 9.97 Å². The van der Waals surface area contributed by atoms with Gasteiger partial charge in [-0.15, -0.1) is 0 Å². The van der Waals surface area contributed by atoms with Gasteiger partial charge in [-0.1, -0.05) is 11.6 Å². The molecule has 2 rings (SSSR count). The first kappa shape index (κ1) is 8.45. The lowest BCUT2D eigenvalue weighted by molar-refractivity contribution is 1.21. The van der Waals surface area contributed by atoms with Gasteiger partial charge in [0.1, 0.15) is 0 Å². The molecule has 1 aromatic carbocycles. The van der Waals surface area contributed by atoms with E-state index in [9.17, 15) is 0 Å². The molecule has 1 aromatic heterocycles. The van der Waals surface area contributed by atoms with E-state index in [-0.39, 0.29) is 0 Å². The molecule has 3 heteroatoms. The molecule has 0 saturated carbocycles. The number of nitrogens with zero attached hydrogens (tertiary/aromatic N) is 2. The van der Waals surface area contributed by atoms with Gasteiger partial charge in [0, 0.05) is 11.6 Å². The first-order valence-corrected chi connectivity index (χ1v) is 4.44. The van der Waals surface area contributed by atoms with E-state index in [1.165, 1.54) is 5.56 Å². The van der Waals surface area contributed by atoms with E-state index in [0.29, 0.717) is 5.28 Å². The number of hydrogen-bond donors (Lipinski definition) is 0. The first-order valence-electron chi connectivity index (χ1n) is 4.06. The highest BCUT2D eigenvalue weighted by molar-refractivity contribution is 6.28. The minimum Gasteiger partial charge on any atom is -0.226 e. The Morgan fingerprint density at radius 2 is 2.00 bits per heavy atom. The van der Waals surface area contributed by atoms with Gasteiger partial charge in [-0.2, -0.15) is 0 Å². The predicted octanol–water partition coefficient (Wildman–Crippen LogP) is 2.90. The second-order valence-corrected chi connectivity index (χ2v) is 3.50. The summed E-state index contributed by atoms with van der Waals surface area (Å²) in [6.07, 6.45) is 1.75. The zero-order chi connectivity index (χ0) is 9.42. The van der Waals surface area contributed by atoms with Crippen LogP contribution in [0.5, 0.6) is 0 Å². The predicted molar refractivity (Wildman–Crippen MR) is 54.0 cm³/mol. The maximum Gasteiger partial charge on any atom is 0.222 e. The SMILES string of the molecule is Cc1cc(C)c2nc(Cl)ncc2c1. The summed E-state index contributed by atoms with van der Waals surface area (Å²) in [5.41, 5.74) is 3.29. The van der Waals surface area contributed by atoms with Crippen LogP contribution in [0.15, 0.2) is 18.3 Å². The molecule has 0 bridgehead atoms. The van der Waals surface area contributed by atoms with Gasteiger partial charge in [-0.25, -0.2) is 9.97 Å². The van der Waals surface area contributed by atoms with Crippen molar-refractivity contribution in [3.63, 3.8) is 0 Å². The van der Waals surface area contributed by atoms with Crippen molar-refractivity contribution in [2.75, 3.05) is 0 Å². The Hall–Kier alpha value is -1.15. The Kier molecular flexibility index (Phi) is 1.93. The number of halogens is 1. The topological polar surface area (TPSA) is 25.8 Å². The fourth-order valence-electron chi connectivity index (χ4n) is 1.49. The van der Waals surface area contributed by atoms with Gasteiger partial charge in [0.2, 0.25) is 5.28 Å². The van der Waals surface area contributed by atoms with Crippen LogP contribution in [0.4, 0.5) is 0 Å². The average Bonchev–Trinajstić information content (AvgIpc) is 2.06. The number of hydrogen-bond acceptors (Lipinski definition) is 2. The largest absolute Gasteiger partial charge is 0.226 e. The molecule has 0 saturated heterocycles. The maximum atomic E-state index is 5.71. The molecule has 0 atom stereocenters. The second-order valence-electron chi connectivity index (χ2n) is 3.16. The maximum absolute atomic E-state index is 5.71. The van der Waals surface area contributed by atoms with Crippen molar-refractivity contribution < 1.29 is 0 Å². The van der Waals surface area contributed by atoms with E-state index < -0.39 is 0 Å². The molecular formula is C10H9ClN2. The lowest BCUT2D eigenvalue weighted by Gasteiger charge is -2.02. The minimum atomic E-state index is 0.305. The van der Waals surface area contributed by atoms with Crippen LogP contribution < -0.4 is 0 Å². The van der Waals surface area contributed by atoms with E-state index >= 15 is 0 Å². The molecule has 0 unspecified atom stereocenters.